The van der Waals surface area contributed by atoms with Gasteiger partial charge in [0.15, 0.2) is 0 Å². The number of rotatable bonds is 4. The minimum Gasteiger partial charge on any atom is -0.740 e. The molecule has 1 aromatic rings. The molecule has 4 heteroatoms. The van der Waals surface area contributed by atoms with Gasteiger partial charge in [-0.05, 0) is 24.1 Å². The molecule has 76 valence electrons. The van der Waals surface area contributed by atoms with Crippen LogP contribution in [0.2, 0.25) is 0 Å². The normalized spacial score (nSPS) is 12.1. The Labute approximate surface area is 85.9 Å². The zero-order valence-electron chi connectivity index (χ0n) is 7.86. The Kier molecular flexibility index (Phi) is 3.85. The molecule has 1 atom stereocenters. The number of hydrogen-bond donors (Lipinski definition) is 0. The van der Waals surface area contributed by atoms with Crippen LogP contribution in [0.3, 0.4) is 0 Å². The van der Waals surface area contributed by atoms with Crippen molar-refractivity contribution < 1.29 is 12.9 Å². The van der Waals surface area contributed by atoms with Gasteiger partial charge in [-0.25, -0.2) is 4.21 Å². The molecule has 0 saturated heterocycles. The Morgan fingerprint density at radius 2 is 2.36 bits per heavy atom. The summed E-state index contributed by atoms with van der Waals surface area (Å²) in [5, 5.41) is 0. The molecule has 0 aliphatic carbocycles. The Morgan fingerprint density at radius 1 is 1.64 bits per heavy atom. The van der Waals surface area contributed by atoms with Crippen LogP contribution in [0.5, 0.6) is 5.75 Å². The van der Waals surface area contributed by atoms with Crippen LogP contribution >= 0.6 is 0 Å². The molecule has 1 rings (SSSR count). The lowest BCUT2D eigenvalue weighted by Crippen LogP contribution is -1.99. The first-order chi connectivity index (χ1) is 6.67. The lowest BCUT2D eigenvalue weighted by molar-refractivity contribution is 0.440. The lowest BCUT2D eigenvalue weighted by atomic mass is 10.1. The van der Waals surface area contributed by atoms with E-state index in [0.29, 0.717) is 11.3 Å². The van der Waals surface area contributed by atoms with Gasteiger partial charge in [-0.15, -0.1) is 0 Å². The zero-order chi connectivity index (χ0) is 10.6. The van der Waals surface area contributed by atoms with Crippen molar-refractivity contribution in [3.05, 3.63) is 35.9 Å². The monoisotopic (exact) mass is 211 g/mol. The van der Waals surface area contributed by atoms with Crippen molar-refractivity contribution in [3.63, 3.8) is 0 Å². The highest BCUT2D eigenvalue weighted by Crippen LogP contribution is 2.22. The Balaban J connectivity index is 3.04. The van der Waals surface area contributed by atoms with Crippen molar-refractivity contribution in [2.75, 3.05) is 0 Å². The molecule has 0 amide bonds. The molecule has 1 unspecified atom stereocenters. The van der Waals surface area contributed by atoms with Gasteiger partial charge in [0.05, 0.1) is 0 Å². The minimum absolute atomic E-state index is 0.311. The first-order valence-corrected chi connectivity index (χ1v) is 5.20. The highest BCUT2D eigenvalue weighted by Gasteiger charge is 2.01. The predicted molar refractivity (Wildman–Crippen MR) is 55.5 cm³/mol. The summed E-state index contributed by atoms with van der Waals surface area (Å²) in [6, 6.07) is 5.32. The standard InChI is InChI=1S/C10H12O3S/c1-3-8-5-6-10(13-14(11)12)9(4-2)7-8/h4-7H,2-3H2,1H3,(H,11,12)/p-1. The first kappa shape index (κ1) is 10.9. The summed E-state index contributed by atoms with van der Waals surface area (Å²) in [5.41, 5.74) is 1.80. The smallest absolute Gasteiger partial charge is 0.146 e. The summed E-state index contributed by atoms with van der Waals surface area (Å²) in [7, 11) is 0. The SMILES string of the molecule is C=Cc1cc(CC)ccc1OS(=O)[O-]. The highest BCUT2D eigenvalue weighted by molar-refractivity contribution is 7.74. The average molecular weight is 211 g/mol. The molecule has 14 heavy (non-hydrogen) atoms. The van der Waals surface area contributed by atoms with E-state index in [0.717, 1.165) is 12.0 Å². The summed E-state index contributed by atoms with van der Waals surface area (Å²) >= 11 is -2.53. The fourth-order valence-electron chi connectivity index (χ4n) is 1.13. The van der Waals surface area contributed by atoms with Crippen LogP contribution in [-0.4, -0.2) is 8.76 Å². The Hall–Kier alpha value is -1.13. The number of hydrogen-bond acceptors (Lipinski definition) is 3. The van der Waals surface area contributed by atoms with Crippen molar-refractivity contribution in [1.29, 1.82) is 0 Å². The van der Waals surface area contributed by atoms with E-state index in [1.54, 1.807) is 12.1 Å². The van der Waals surface area contributed by atoms with Crippen LogP contribution in [0, 0.1) is 0 Å². The molecule has 0 saturated carbocycles. The summed E-state index contributed by atoms with van der Waals surface area (Å²) < 4.78 is 25.3. The van der Waals surface area contributed by atoms with E-state index in [2.05, 4.69) is 10.8 Å². The molecule has 0 bridgehead atoms. The Bertz CT molecular complexity index is 360. The molecule has 0 aromatic heterocycles. The summed E-state index contributed by atoms with van der Waals surface area (Å²) in [5.74, 6) is 0.311. The van der Waals surface area contributed by atoms with Crippen LogP contribution in [0.1, 0.15) is 18.1 Å². The topological polar surface area (TPSA) is 49.4 Å². The van der Waals surface area contributed by atoms with Crippen LogP contribution < -0.4 is 4.18 Å². The predicted octanol–water partition coefficient (Wildman–Crippen LogP) is 2.06. The molecule has 1 aromatic carbocycles. The molecule has 0 aliphatic rings. The molecular weight excluding hydrogens is 200 g/mol. The highest BCUT2D eigenvalue weighted by atomic mass is 32.2. The molecule has 0 spiro atoms. The maximum absolute atomic E-state index is 10.3. The second-order valence-corrected chi connectivity index (χ2v) is 3.29. The van der Waals surface area contributed by atoms with Crippen LogP contribution in [-0.2, 0) is 17.8 Å². The zero-order valence-corrected chi connectivity index (χ0v) is 8.67. The Morgan fingerprint density at radius 3 is 2.86 bits per heavy atom. The van der Waals surface area contributed by atoms with E-state index in [1.165, 1.54) is 0 Å². The second kappa shape index (κ2) is 4.93. The van der Waals surface area contributed by atoms with Crippen molar-refractivity contribution in [1.82, 2.24) is 0 Å². The average Bonchev–Trinajstić information content (AvgIpc) is 2.17. The van der Waals surface area contributed by atoms with Crippen LogP contribution in [0.15, 0.2) is 24.8 Å². The second-order valence-electron chi connectivity index (χ2n) is 2.72. The quantitative estimate of drug-likeness (QED) is 0.716. The van der Waals surface area contributed by atoms with E-state index < -0.39 is 11.4 Å². The van der Waals surface area contributed by atoms with Gasteiger partial charge < -0.3 is 8.74 Å². The maximum Gasteiger partial charge on any atom is 0.146 e. The maximum atomic E-state index is 10.3. The summed E-state index contributed by atoms with van der Waals surface area (Å²) in [4.78, 5) is 0. The molecule has 0 radical (unpaired) electrons. The third-order valence-corrected chi connectivity index (χ3v) is 2.18. The third kappa shape index (κ3) is 2.68. The van der Waals surface area contributed by atoms with Crippen LogP contribution in [0.25, 0.3) is 6.08 Å². The molecule has 0 N–H and O–H groups in total. The summed E-state index contributed by atoms with van der Waals surface area (Å²) in [6.07, 6.45) is 2.46. The summed E-state index contributed by atoms with van der Waals surface area (Å²) in [6.45, 7) is 5.62. The van der Waals surface area contributed by atoms with Gasteiger partial charge in [-0.1, -0.05) is 25.6 Å². The number of benzene rings is 1. The van der Waals surface area contributed by atoms with Crippen LogP contribution in [0.4, 0.5) is 0 Å². The van der Waals surface area contributed by atoms with Gasteiger partial charge in [0.25, 0.3) is 0 Å². The van der Waals surface area contributed by atoms with Crippen molar-refractivity contribution in [2.24, 2.45) is 0 Å². The van der Waals surface area contributed by atoms with E-state index in [1.807, 2.05) is 19.1 Å². The molecule has 3 nitrogen and oxygen atoms in total. The van der Waals surface area contributed by atoms with Gasteiger partial charge in [0.1, 0.15) is 17.1 Å². The largest absolute Gasteiger partial charge is 0.740 e. The fraction of sp³-hybridized carbons (Fsp3) is 0.200. The van der Waals surface area contributed by atoms with Crippen molar-refractivity contribution >= 4 is 17.4 Å². The fourth-order valence-corrected chi connectivity index (χ4v) is 1.42. The molecule has 0 aliphatic heterocycles. The van der Waals surface area contributed by atoms with E-state index >= 15 is 0 Å². The van der Waals surface area contributed by atoms with E-state index in [9.17, 15) is 8.76 Å². The van der Waals surface area contributed by atoms with Gasteiger partial charge >= 0.3 is 0 Å². The van der Waals surface area contributed by atoms with Crippen molar-refractivity contribution in [3.8, 4) is 5.75 Å². The van der Waals surface area contributed by atoms with Crippen molar-refractivity contribution in [2.45, 2.75) is 13.3 Å². The number of aryl methyl sites for hydroxylation is 1. The molecule has 0 heterocycles. The van der Waals surface area contributed by atoms with E-state index in [-0.39, 0.29) is 0 Å². The lowest BCUT2D eigenvalue weighted by Gasteiger charge is -2.10. The minimum atomic E-state index is -2.53. The third-order valence-electron chi connectivity index (χ3n) is 1.86. The molecular formula is C10H11O3S-. The van der Waals surface area contributed by atoms with Gasteiger partial charge in [0, 0.05) is 5.56 Å². The van der Waals surface area contributed by atoms with Gasteiger partial charge in [0.2, 0.25) is 0 Å². The van der Waals surface area contributed by atoms with Gasteiger partial charge in [-0.2, -0.15) is 0 Å². The van der Waals surface area contributed by atoms with Gasteiger partial charge in [-0.3, -0.25) is 0 Å². The van der Waals surface area contributed by atoms with E-state index in [4.69, 9.17) is 0 Å². The molecule has 0 fully saturated rings. The first-order valence-electron chi connectivity index (χ1n) is 4.20.